The number of ether oxygens (including phenoxy) is 1. The van der Waals surface area contributed by atoms with Gasteiger partial charge in [0.2, 0.25) is 0 Å². The average molecular weight is 242 g/mol. The fourth-order valence-electron chi connectivity index (χ4n) is 2.16. The Morgan fingerprint density at radius 3 is 2.24 bits per heavy atom. The second-order valence-electron chi connectivity index (χ2n) is 4.38. The predicted molar refractivity (Wildman–Crippen MR) is 58.8 cm³/mol. The third kappa shape index (κ3) is 3.35. The molecule has 94 valence electrons. The molecule has 0 aliphatic heterocycles. The third-order valence-electron chi connectivity index (χ3n) is 3.10. The van der Waals surface area contributed by atoms with Crippen molar-refractivity contribution >= 4 is 0 Å². The van der Waals surface area contributed by atoms with E-state index in [2.05, 4.69) is 14.7 Å². The largest absolute Gasteiger partial charge is 0.402 e. The van der Waals surface area contributed by atoms with Crippen molar-refractivity contribution < 1.29 is 13.5 Å². The van der Waals surface area contributed by atoms with Gasteiger partial charge in [-0.05, 0) is 18.9 Å². The van der Waals surface area contributed by atoms with Crippen LogP contribution in [0.15, 0.2) is 18.5 Å². The van der Waals surface area contributed by atoms with Crippen molar-refractivity contribution in [3.8, 4) is 6.01 Å². The van der Waals surface area contributed by atoms with E-state index < -0.39 is 12.0 Å². The van der Waals surface area contributed by atoms with Gasteiger partial charge >= 0.3 is 12.1 Å². The Morgan fingerprint density at radius 2 is 1.65 bits per heavy atom. The lowest BCUT2D eigenvalue weighted by Crippen LogP contribution is -2.35. The van der Waals surface area contributed by atoms with Crippen molar-refractivity contribution in [2.24, 2.45) is 5.92 Å². The zero-order valence-corrected chi connectivity index (χ0v) is 9.61. The molecule has 1 heterocycles. The number of rotatable bonds is 3. The van der Waals surface area contributed by atoms with Crippen LogP contribution in [0.2, 0.25) is 0 Å². The summed E-state index contributed by atoms with van der Waals surface area (Å²) in [6, 6.07) is 1.32. The molecule has 17 heavy (non-hydrogen) atoms. The molecule has 1 saturated carbocycles. The molecular weight excluding hydrogens is 226 g/mol. The summed E-state index contributed by atoms with van der Waals surface area (Å²) in [5.74, 6) is -0.714. The second-order valence-corrected chi connectivity index (χ2v) is 4.38. The van der Waals surface area contributed by atoms with Crippen molar-refractivity contribution in [1.82, 2.24) is 9.97 Å². The number of aromatic nitrogens is 2. The van der Waals surface area contributed by atoms with E-state index in [4.69, 9.17) is 0 Å². The lowest BCUT2D eigenvalue weighted by Gasteiger charge is -2.24. The van der Waals surface area contributed by atoms with Gasteiger partial charge in [-0.2, -0.15) is 8.78 Å². The van der Waals surface area contributed by atoms with Crippen molar-refractivity contribution in [3.05, 3.63) is 18.5 Å². The van der Waals surface area contributed by atoms with Gasteiger partial charge in [0, 0.05) is 12.4 Å². The Balaban J connectivity index is 2.01. The molecule has 1 aromatic heterocycles. The maximum absolute atomic E-state index is 13.9. The first-order chi connectivity index (χ1) is 8.18. The SMILES string of the molecule is FC(F)(Oc1ncccn1)C1CCCCCC1. The average Bonchev–Trinajstić information content (AvgIpc) is 2.58. The lowest BCUT2D eigenvalue weighted by atomic mass is 9.99. The van der Waals surface area contributed by atoms with E-state index in [1.807, 2.05) is 0 Å². The first-order valence-electron chi connectivity index (χ1n) is 6.02. The molecule has 0 atom stereocenters. The Morgan fingerprint density at radius 1 is 1.06 bits per heavy atom. The summed E-state index contributed by atoms with van der Waals surface area (Å²) in [6.45, 7) is 0. The maximum atomic E-state index is 13.9. The zero-order valence-electron chi connectivity index (χ0n) is 9.61. The fraction of sp³-hybridized carbons (Fsp3) is 0.667. The number of nitrogens with zero attached hydrogens (tertiary/aromatic N) is 2. The Kier molecular flexibility index (Phi) is 3.86. The first-order valence-corrected chi connectivity index (χ1v) is 6.02. The normalized spacial score (nSPS) is 18.7. The molecule has 0 spiro atoms. The summed E-state index contributed by atoms with van der Waals surface area (Å²) in [5, 5.41) is 0. The Bertz CT molecular complexity index is 338. The van der Waals surface area contributed by atoms with E-state index in [1.54, 1.807) is 6.07 Å². The van der Waals surface area contributed by atoms with Gasteiger partial charge in [0.1, 0.15) is 0 Å². The van der Waals surface area contributed by atoms with Crippen molar-refractivity contribution in [2.75, 3.05) is 0 Å². The lowest BCUT2D eigenvalue weighted by molar-refractivity contribution is -0.222. The van der Waals surface area contributed by atoms with E-state index in [-0.39, 0.29) is 6.01 Å². The maximum Gasteiger partial charge on any atom is 0.402 e. The number of hydrogen-bond acceptors (Lipinski definition) is 3. The molecule has 1 aliphatic rings. The van der Waals surface area contributed by atoms with Crippen LogP contribution in [-0.4, -0.2) is 16.1 Å². The van der Waals surface area contributed by atoms with Crippen LogP contribution in [0.4, 0.5) is 8.78 Å². The summed E-state index contributed by atoms with van der Waals surface area (Å²) < 4.78 is 32.4. The minimum Gasteiger partial charge on any atom is -0.398 e. The van der Waals surface area contributed by atoms with E-state index in [1.165, 1.54) is 12.4 Å². The topological polar surface area (TPSA) is 35.0 Å². The zero-order chi connectivity index (χ0) is 12.1. The van der Waals surface area contributed by atoms with Gasteiger partial charge in [-0.15, -0.1) is 0 Å². The van der Waals surface area contributed by atoms with Crippen molar-refractivity contribution in [1.29, 1.82) is 0 Å². The smallest absolute Gasteiger partial charge is 0.398 e. The number of hydrogen-bond donors (Lipinski definition) is 0. The molecule has 0 aromatic carbocycles. The molecule has 0 bridgehead atoms. The molecular formula is C12H16F2N2O. The van der Waals surface area contributed by atoms with Gasteiger partial charge in [0.15, 0.2) is 0 Å². The minimum absolute atomic E-state index is 0.248. The van der Waals surface area contributed by atoms with Crippen LogP contribution in [0, 0.1) is 5.92 Å². The molecule has 0 saturated heterocycles. The van der Waals surface area contributed by atoms with Gasteiger partial charge in [-0.25, -0.2) is 9.97 Å². The quantitative estimate of drug-likeness (QED) is 0.762. The monoisotopic (exact) mass is 242 g/mol. The van der Waals surface area contributed by atoms with Crippen LogP contribution in [-0.2, 0) is 0 Å². The van der Waals surface area contributed by atoms with Gasteiger partial charge in [0.05, 0.1) is 5.92 Å². The fourth-order valence-corrected chi connectivity index (χ4v) is 2.16. The summed E-state index contributed by atoms with van der Waals surface area (Å²) in [4.78, 5) is 7.34. The van der Waals surface area contributed by atoms with Gasteiger partial charge in [0.25, 0.3) is 0 Å². The highest BCUT2D eigenvalue weighted by molar-refractivity contribution is 4.95. The van der Waals surface area contributed by atoms with E-state index in [9.17, 15) is 8.78 Å². The van der Waals surface area contributed by atoms with E-state index >= 15 is 0 Å². The highest BCUT2D eigenvalue weighted by Crippen LogP contribution is 2.36. The minimum atomic E-state index is -3.16. The highest BCUT2D eigenvalue weighted by atomic mass is 19.3. The second kappa shape index (κ2) is 5.38. The van der Waals surface area contributed by atoms with Crippen LogP contribution in [0.3, 0.4) is 0 Å². The predicted octanol–water partition coefficient (Wildman–Crippen LogP) is 3.42. The molecule has 1 aliphatic carbocycles. The molecule has 1 aromatic rings. The summed E-state index contributed by atoms with van der Waals surface area (Å²) in [5.41, 5.74) is 0. The van der Waals surface area contributed by atoms with Gasteiger partial charge in [-0.3, -0.25) is 0 Å². The van der Waals surface area contributed by atoms with Crippen LogP contribution in [0.1, 0.15) is 38.5 Å². The van der Waals surface area contributed by atoms with E-state index in [0.29, 0.717) is 12.8 Å². The summed E-state index contributed by atoms with van der Waals surface area (Å²) in [7, 11) is 0. The van der Waals surface area contributed by atoms with Crippen LogP contribution < -0.4 is 4.74 Å². The van der Waals surface area contributed by atoms with Crippen molar-refractivity contribution in [2.45, 2.75) is 44.6 Å². The summed E-state index contributed by atoms with van der Waals surface area (Å²) in [6.07, 6.45) is 4.42. The third-order valence-corrected chi connectivity index (χ3v) is 3.10. The Hall–Kier alpha value is -1.26. The Labute approximate surface area is 99.2 Å². The van der Waals surface area contributed by atoms with Crippen LogP contribution >= 0.6 is 0 Å². The summed E-state index contributed by atoms with van der Waals surface area (Å²) >= 11 is 0. The van der Waals surface area contributed by atoms with Crippen LogP contribution in [0.25, 0.3) is 0 Å². The molecule has 1 fully saturated rings. The molecule has 2 rings (SSSR count). The van der Waals surface area contributed by atoms with Crippen molar-refractivity contribution in [3.63, 3.8) is 0 Å². The molecule has 3 nitrogen and oxygen atoms in total. The number of alkyl halides is 2. The standard InChI is InChI=1S/C12H16F2N2O/c13-12(14,10-6-3-1-2-4-7-10)17-11-15-8-5-9-16-11/h5,8-10H,1-4,6-7H2. The van der Waals surface area contributed by atoms with Gasteiger partial charge in [-0.1, -0.05) is 25.7 Å². The highest BCUT2D eigenvalue weighted by Gasteiger charge is 2.42. The molecule has 0 amide bonds. The van der Waals surface area contributed by atoms with Gasteiger partial charge < -0.3 is 4.74 Å². The van der Waals surface area contributed by atoms with Crippen LogP contribution in [0.5, 0.6) is 6.01 Å². The molecule has 0 unspecified atom stereocenters. The van der Waals surface area contributed by atoms with E-state index in [0.717, 1.165) is 25.7 Å². The molecule has 0 N–H and O–H groups in total. The molecule has 5 heteroatoms. The first kappa shape index (κ1) is 12.2. The number of halogens is 2. The molecule has 0 radical (unpaired) electrons.